The van der Waals surface area contributed by atoms with Crippen molar-refractivity contribution in [3.05, 3.63) is 53.6 Å². The average Bonchev–Trinajstić information content (AvgIpc) is 3.47. The molecule has 0 radical (unpaired) electrons. The first-order chi connectivity index (χ1) is 24.4. The number of nitrogens with zero attached hydrogens (tertiary/aromatic N) is 1. The molecule has 1 aromatic rings. The van der Waals surface area contributed by atoms with Gasteiger partial charge in [-0.1, -0.05) is 65.0 Å². The number of carboxylic acid groups (broad SMARTS) is 1. The largest absolute Gasteiger partial charge is 0.478 e. The Labute approximate surface area is 314 Å². The molecule has 288 valence electrons. The maximum Gasteiger partial charge on any atom is 0.335 e. The first-order valence-electron chi connectivity index (χ1n) is 20.3. The predicted molar refractivity (Wildman–Crippen MR) is 212 cm³/mol. The van der Waals surface area contributed by atoms with Gasteiger partial charge < -0.3 is 15.3 Å². The van der Waals surface area contributed by atoms with E-state index in [-0.39, 0.29) is 33.0 Å². The van der Waals surface area contributed by atoms with Gasteiger partial charge in [0.1, 0.15) is 0 Å². The van der Waals surface area contributed by atoms with Gasteiger partial charge in [0.05, 0.1) is 17.1 Å². The Morgan fingerprint density at radius 2 is 1.60 bits per heavy atom. The van der Waals surface area contributed by atoms with Crippen molar-refractivity contribution in [1.29, 1.82) is 0 Å². The van der Waals surface area contributed by atoms with Crippen LogP contribution in [0.1, 0.15) is 122 Å². The summed E-state index contributed by atoms with van der Waals surface area (Å²) in [6, 6.07) is 7.56. The first kappa shape index (κ1) is 38.2. The maximum atomic E-state index is 13.0. The fourth-order valence-electron chi connectivity index (χ4n) is 14.1. The molecule has 1 heterocycles. The van der Waals surface area contributed by atoms with E-state index >= 15 is 0 Å². The van der Waals surface area contributed by atoms with Crippen LogP contribution in [0.3, 0.4) is 0 Å². The second-order valence-electron chi connectivity index (χ2n) is 19.5. The molecule has 5 fully saturated rings. The van der Waals surface area contributed by atoms with E-state index in [9.17, 15) is 23.8 Å². The number of allylic oxidation sites excluding steroid dienone is 3. The third kappa shape index (κ3) is 5.96. The SMILES string of the molecule is C=C(C)[C@@H]1CC[C@]2(CNCCC(=O)N3CCS(O)(O)CC3)CC[C@]3(C)[C@H](CC[C@@H]4[C@@]5(C)CC=C(c6ccc(C(=O)O)cc6)C(C)(C)[C@@H]5CC[C@]43C)[C@@H]12. The van der Waals surface area contributed by atoms with Crippen LogP contribution in [0.2, 0.25) is 0 Å². The van der Waals surface area contributed by atoms with Crippen molar-refractivity contribution in [2.75, 3.05) is 37.7 Å². The summed E-state index contributed by atoms with van der Waals surface area (Å²) in [5.41, 5.74) is 5.23. The molecule has 1 amide bonds. The van der Waals surface area contributed by atoms with E-state index in [0.717, 1.165) is 13.0 Å². The highest BCUT2D eigenvalue weighted by atomic mass is 32.3. The molecule has 1 saturated heterocycles. The highest BCUT2D eigenvalue weighted by molar-refractivity contribution is 8.24. The Balaban J connectivity index is 1.10. The van der Waals surface area contributed by atoms with Crippen molar-refractivity contribution in [2.24, 2.45) is 56.7 Å². The minimum atomic E-state index is -2.50. The van der Waals surface area contributed by atoms with E-state index in [1.54, 1.807) is 12.1 Å². The molecule has 1 aliphatic heterocycles. The van der Waals surface area contributed by atoms with Gasteiger partial charge in [-0.05, 0) is 145 Å². The Morgan fingerprint density at radius 1 is 0.904 bits per heavy atom. The summed E-state index contributed by atoms with van der Waals surface area (Å²) in [5.74, 6) is 2.93. The van der Waals surface area contributed by atoms with Gasteiger partial charge in [0, 0.05) is 32.6 Å². The first-order valence-corrected chi connectivity index (χ1v) is 22.2. The van der Waals surface area contributed by atoms with Crippen LogP contribution < -0.4 is 5.32 Å². The van der Waals surface area contributed by atoms with Crippen LogP contribution in [0.15, 0.2) is 42.5 Å². The number of hydrogen-bond donors (Lipinski definition) is 4. The predicted octanol–water partition coefficient (Wildman–Crippen LogP) is 9.61. The van der Waals surface area contributed by atoms with Crippen LogP contribution in [0.5, 0.6) is 0 Å². The van der Waals surface area contributed by atoms with Crippen molar-refractivity contribution >= 4 is 28.0 Å². The Kier molecular flexibility index (Phi) is 9.74. The summed E-state index contributed by atoms with van der Waals surface area (Å²) in [6.45, 7) is 22.3. The van der Waals surface area contributed by atoms with Gasteiger partial charge in [0.15, 0.2) is 0 Å². The molecule has 1 aromatic carbocycles. The number of hydrogen-bond acceptors (Lipinski definition) is 5. The summed E-state index contributed by atoms with van der Waals surface area (Å²) in [5, 5.41) is 13.3. The van der Waals surface area contributed by atoms with Gasteiger partial charge in [0.25, 0.3) is 0 Å². The van der Waals surface area contributed by atoms with Crippen LogP contribution in [0, 0.1) is 56.7 Å². The van der Waals surface area contributed by atoms with Gasteiger partial charge in [-0.2, -0.15) is 10.6 Å². The summed E-state index contributed by atoms with van der Waals surface area (Å²) in [7, 11) is -2.50. The molecule has 52 heavy (non-hydrogen) atoms. The van der Waals surface area contributed by atoms with Crippen LogP contribution in [-0.2, 0) is 4.79 Å². The van der Waals surface area contributed by atoms with E-state index in [4.69, 9.17) is 0 Å². The molecule has 4 saturated carbocycles. The molecule has 0 spiro atoms. The minimum absolute atomic E-state index is 0.000613. The number of benzene rings is 1. The lowest BCUT2D eigenvalue weighted by Gasteiger charge is -2.72. The number of carboxylic acids is 1. The second-order valence-corrected chi connectivity index (χ2v) is 21.9. The third-order valence-electron chi connectivity index (χ3n) is 17.0. The van der Waals surface area contributed by atoms with Gasteiger partial charge in [-0.25, -0.2) is 4.79 Å². The van der Waals surface area contributed by atoms with Crippen LogP contribution in [0.25, 0.3) is 5.57 Å². The van der Waals surface area contributed by atoms with Crippen molar-refractivity contribution in [3.63, 3.8) is 0 Å². The standard InChI is InChI=1S/C44H66N2O5S/c1-29(2)32-14-20-44(28-45-23-17-37(47)46-24-26-52(50,51)27-25-46)22-21-42(6)34(38(32)44)12-13-36-41(5)18-15-33(30-8-10-31(11-9-30)39(48)49)40(3,4)35(41)16-19-43(36,42)7/h8-11,15,32,34-36,38,45,50-51H,1,12-14,16-28H2,2-7H3,(H,48,49)/t32-,34+,35-,36+,38+,41-,42+,43+,44+/m0/s1. The van der Waals surface area contributed by atoms with E-state index in [1.165, 1.54) is 68.1 Å². The Bertz CT molecular complexity index is 1610. The fourth-order valence-corrected chi connectivity index (χ4v) is 15.4. The lowest BCUT2D eigenvalue weighted by atomic mass is 9.32. The highest BCUT2D eigenvalue weighted by Crippen LogP contribution is 2.77. The van der Waals surface area contributed by atoms with E-state index in [2.05, 4.69) is 59.5 Å². The monoisotopic (exact) mass is 734 g/mol. The van der Waals surface area contributed by atoms with Gasteiger partial charge in [-0.3, -0.25) is 13.9 Å². The summed E-state index contributed by atoms with van der Waals surface area (Å²) < 4.78 is 20.0. The lowest BCUT2D eigenvalue weighted by molar-refractivity contribution is -0.225. The van der Waals surface area contributed by atoms with Crippen LogP contribution >= 0.6 is 10.6 Å². The number of rotatable bonds is 8. The van der Waals surface area contributed by atoms with E-state index in [0.29, 0.717) is 72.7 Å². The van der Waals surface area contributed by atoms with Crippen LogP contribution in [0.4, 0.5) is 0 Å². The molecule has 9 atom stereocenters. The number of fused-ring (bicyclic) bond motifs is 7. The highest BCUT2D eigenvalue weighted by Gasteiger charge is 2.70. The maximum absolute atomic E-state index is 13.0. The van der Waals surface area contributed by atoms with E-state index in [1.807, 2.05) is 17.0 Å². The Hall–Kier alpha value is -2.13. The molecule has 5 aliphatic carbocycles. The zero-order chi connectivity index (χ0) is 37.5. The average molecular weight is 735 g/mol. The second kappa shape index (κ2) is 13.3. The number of amides is 1. The number of nitrogens with one attached hydrogen (secondary N) is 1. The minimum Gasteiger partial charge on any atom is -0.478 e. The molecule has 4 N–H and O–H groups in total. The van der Waals surface area contributed by atoms with Crippen molar-refractivity contribution in [2.45, 2.75) is 106 Å². The lowest BCUT2D eigenvalue weighted by Crippen LogP contribution is -2.65. The Morgan fingerprint density at radius 3 is 2.25 bits per heavy atom. The molecule has 8 heteroatoms. The molecule has 7 nitrogen and oxygen atoms in total. The molecular formula is C44H66N2O5S. The van der Waals surface area contributed by atoms with Gasteiger partial charge >= 0.3 is 5.97 Å². The van der Waals surface area contributed by atoms with E-state index < -0.39 is 16.6 Å². The van der Waals surface area contributed by atoms with Crippen LogP contribution in [-0.4, -0.2) is 68.7 Å². The number of carbonyl (C=O) groups is 2. The summed E-state index contributed by atoms with van der Waals surface area (Å²) in [6.07, 6.45) is 14.1. The molecule has 0 unspecified atom stereocenters. The van der Waals surface area contributed by atoms with Crippen molar-refractivity contribution in [3.8, 4) is 0 Å². The van der Waals surface area contributed by atoms with Crippen molar-refractivity contribution < 1.29 is 23.8 Å². The quantitative estimate of drug-likeness (QED) is 0.157. The van der Waals surface area contributed by atoms with Gasteiger partial charge in [0.2, 0.25) is 5.91 Å². The third-order valence-corrected chi connectivity index (χ3v) is 18.7. The van der Waals surface area contributed by atoms with Gasteiger partial charge in [-0.15, -0.1) is 0 Å². The molecule has 0 aromatic heterocycles. The zero-order valence-corrected chi connectivity index (χ0v) is 33.6. The number of aromatic carboxylic acids is 1. The molecule has 0 bridgehead atoms. The topological polar surface area (TPSA) is 110 Å². The smallest absolute Gasteiger partial charge is 0.335 e. The number of carbonyl (C=O) groups excluding carboxylic acids is 1. The molecule has 7 rings (SSSR count). The zero-order valence-electron chi connectivity index (χ0n) is 32.8. The normalized spacial score (nSPS) is 41.0. The summed E-state index contributed by atoms with van der Waals surface area (Å²) in [4.78, 5) is 26.4. The summed E-state index contributed by atoms with van der Waals surface area (Å²) >= 11 is 0. The molecular weight excluding hydrogens is 669 g/mol. The molecule has 6 aliphatic rings. The van der Waals surface area contributed by atoms with Crippen molar-refractivity contribution in [1.82, 2.24) is 10.2 Å². The fraction of sp³-hybridized carbons (Fsp3) is 0.727.